The predicted molar refractivity (Wildman–Crippen MR) is 139 cm³/mol. The van der Waals surface area contributed by atoms with Crippen molar-refractivity contribution in [2.75, 3.05) is 0 Å². The molecule has 2 unspecified atom stereocenters. The summed E-state index contributed by atoms with van der Waals surface area (Å²) < 4.78 is 0. The summed E-state index contributed by atoms with van der Waals surface area (Å²) in [6.45, 7) is 14.6. The molecule has 0 aliphatic heterocycles. The minimum Gasteiger partial charge on any atom is -0.393 e. The summed E-state index contributed by atoms with van der Waals surface area (Å²) in [6, 6.07) is 0. The summed E-state index contributed by atoms with van der Waals surface area (Å²) in [6.07, 6.45) is 18.0. The maximum atomic E-state index is 11.2. The molecule has 4 rings (SSSR count). The van der Waals surface area contributed by atoms with Crippen LogP contribution in [0.3, 0.4) is 0 Å². The number of aliphatic hydroxyl groups excluding tert-OH is 2. The maximum Gasteiger partial charge on any atom is 0.0623 e. The van der Waals surface area contributed by atoms with Crippen LogP contribution in [0, 0.1) is 58.2 Å². The number of fused-ring (bicyclic) bond motifs is 5. The molecule has 2 nitrogen and oxygen atoms in total. The SMILES string of the molecule is CCCC[C@H](/C=C/[C@@H](C)[C@H]1CC[C@H]2C3CCC4C[C@@H](O)C[C@H](O)[C@]4(C)[C@H]3CC[C@]12C)C(C)C. The van der Waals surface area contributed by atoms with Crippen molar-refractivity contribution in [2.45, 2.75) is 124 Å². The summed E-state index contributed by atoms with van der Waals surface area (Å²) >= 11 is 0. The summed E-state index contributed by atoms with van der Waals surface area (Å²) in [5.74, 6) is 5.71. The van der Waals surface area contributed by atoms with E-state index in [1.807, 2.05) is 0 Å². The molecule has 4 aliphatic rings. The summed E-state index contributed by atoms with van der Waals surface area (Å²) in [5, 5.41) is 21.5. The highest BCUT2D eigenvalue weighted by molar-refractivity contribution is 5.12. The number of hydrogen-bond donors (Lipinski definition) is 2. The van der Waals surface area contributed by atoms with Crippen LogP contribution < -0.4 is 0 Å². The molecular weight excluding hydrogens is 404 g/mol. The molecule has 33 heavy (non-hydrogen) atoms. The topological polar surface area (TPSA) is 40.5 Å². The Kier molecular flexibility index (Phi) is 7.77. The summed E-state index contributed by atoms with van der Waals surface area (Å²) in [5.41, 5.74) is 0.487. The van der Waals surface area contributed by atoms with Gasteiger partial charge in [-0.1, -0.05) is 66.5 Å². The molecule has 0 bridgehead atoms. The number of hydrogen-bond acceptors (Lipinski definition) is 2. The van der Waals surface area contributed by atoms with E-state index in [0.29, 0.717) is 29.6 Å². The third kappa shape index (κ3) is 4.50. The van der Waals surface area contributed by atoms with Crippen LogP contribution in [0.25, 0.3) is 0 Å². The third-order valence-electron chi connectivity index (χ3n) is 11.9. The van der Waals surface area contributed by atoms with Gasteiger partial charge in [0.25, 0.3) is 0 Å². The Labute approximate surface area is 205 Å². The first-order valence-electron chi connectivity index (χ1n) is 14.7. The Balaban J connectivity index is 1.48. The van der Waals surface area contributed by atoms with Gasteiger partial charge < -0.3 is 10.2 Å². The standard InChI is InChI=1S/C31H54O2/c1-7-8-9-22(20(2)3)11-10-21(4)26-14-15-27-25-13-12-23-18-24(32)19-29(33)31(23,6)28(25)16-17-30(26,27)5/h10-11,20-29,32-33H,7-9,12-19H2,1-6H3/b11-10+/t21-,22-,23?,24-,25?,26-,27+,28+,29+,30-,31+/m1/s1. The van der Waals surface area contributed by atoms with Gasteiger partial charge in [-0.2, -0.15) is 0 Å². The Morgan fingerprint density at radius 1 is 0.909 bits per heavy atom. The lowest BCUT2D eigenvalue weighted by Crippen LogP contribution is -2.59. The van der Waals surface area contributed by atoms with Gasteiger partial charge in [0.05, 0.1) is 12.2 Å². The zero-order valence-corrected chi connectivity index (χ0v) is 22.6. The van der Waals surface area contributed by atoms with E-state index in [4.69, 9.17) is 0 Å². The molecule has 0 aromatic carbocycles. The zero-order valence-electron chi connectivity index (χ0n) is 22.6. The molecule has 190 valence electrons. The van der Waals surface area contributed by atoms with Crippen molar-refractivity contribution < 1.29 is 10.2 Å². The normalized spacial score (nSPS) is 47.2. The van der Waals surface area contributed by atoms with Gasteiger partial charge in [0, 0.05) is 0 Å². The molecule has 0 spiro atoms. The molecule has 0 aromatic rings. The van der Waals surface area contributed by atoms with E-state index in [9.17, 15) is 10.2 Å². The second-order valence-corrected chi connectivity index (χ2v) is 13.7. The minimum absolute atomic E-state index is 0.0246. The van der Waals surface area contributed by atoms with Crippen LogP contribution in [-0.2, 0) is 0 Å². The van der Waals surface area contributed by atoms with E-state index in [-0.39, 0.29) is 17.6 Å². The first-order chi connectivity index (χ1) is 15.6. The van der Waals surface area contributed by atoms with E-state index < -0.39 is 0 Å². The van der Waals surface area contributed by atoms with Crippen LogP contribution in [0.1, 0.15) is 112 Å². The van der Waals surface area contributed by atoms with Crippen LogP contribution in [0.2, 0.25) is 0 Å². The fraction of sp³-hybridized carbons (Fsp3) is 0.935. The fourth-order valence-electron chi connectivity index (χ4n) is 9.74. The molecule has 0 aromatic heterocycles. The largest absolute Gasteiger partial charge is 0.393 e. The van der Waals surface area contributed by atoms with Crippen molar-refractivity contribution in [1.82, 2.24) is 0 Å². The van der Waals surface area contributed by atoms with E-state index in [1.54, 1.807) is 0 Å². The lowest BCUT2D eigenvalue weighted by atomic mass is 9.43. The molecule has 0 radical (unpaired) electrons. The number of unbranched alkanes of at least 4 members (excludes halogenated alkanes) is 1. The van der Waals surface area contributed by atoms with Gasteiger partial charge in [-0.15, -0.1) is 0 Å². The van der Waals surface area contributed by atoms with Crippen LogP contribution in [0.5, 0.6) is 0 Å². The number of rotatable bonds is 7. The van der Waals surface area contributed by atoms with Crippen LogP contribution in [0.15, 0.2) is 12.2 Å². The average molecular weight is 459 g/mol. The van der Waals surface area contributed by atoms with Crippen molar-refractivity contribution in [1.29, 1.82) is 0 Å². The monoisotopic (exact) mass is 458 g/mol. The second-order valence-electron chi connectivity index (χ2n) is 13.7. The highest BCUT2D eigenvalue weighted by atomic mass is 16.3. The van der Waals surface area contributed by atoms with E-state index in [1.165, 1.54) is 57.8 Å². The quantitative estimate of drug-likeness (QED) is 0.385. The van der Waals surface area contributed by atoms with Gasteiger partial charge in [0.2, 0.25) is 0 Å². The van der Waals surface area contributed by atoms with Crippen molar-refractivity contribution in [3.8, 4) is 0 Å². The second kappa shape index (κ2) is 9.96. The fourth-order valence-corrected chi connectivity index (χ4v) is 9.74. The Morgan fingerprint density at radius 2 is 1.67 bits per heavy atom. The van der Waals surface area contributed by atoms with Gasteiger partial charge in [0.15, 0.2) is 0 Å². The minimum atomic E-state index is -0.321. The molecule has 4 fully saturated rings. The summed E-state index contributed by atoms with van der Waals surface area (Å²) in [4.78, 5) is 0. The smallest absolute Gasteiger partial charge is 0.0623 e. The van der Waals surface area contributed by atoms with Crippen molar-refractivity contribution in [3.05, 3.63) is 12.2 Å². The van der Waals surface area contributed by atoms with Crippen LogP contribution in [-0.4, -0.2) is 22.4 Å². The third-order valence-corrected chi connectivity index (χ3v) is 11.9. The van der Waals surface area contributed by atoms with Gasteiger partial charge in [-0.05, 0) is 116 Å². The van der Waals surface area contributed by atoms with Gasteiger partial charge in [0.1, 0.15) is 0 Å². The summed E-state index contributed by atoms with van der Waals surface area (Å²) in [7, 11) is 0. The molecule has 0 amide bonds. The van der Waals surface area contributed by atoms with E-state index >= 15 is 0 Å². The predicted octanol–water partition coefficient (Wildman–Crippen LogP) is 7.63. The molecule has 2 heteroatoms. The van der Waals surface area contributed by atoms with Gasteiger partial charge in [-0.3, -0.25) is 0 Å². The molecule has 4 saturated carbocycles. The Hall–Kier alpha value is -0.340. The van der Waals surface area contributed by atoms with Crippen LogP contribution >= 0.6 is 0 Å². The Bertz CT molecular complexity index is 684. The van der Waals surface area contributed by atoms with Crippen molar-refractivity contribution in [3.63, 3.8) is 0 Å². The highest BCUT2D eigenvalue weighted by Crippen LogP contribution is 2.68. The van der Waals surface area contributed by atoms with Gasteiger partial charge in [-0.25, -0.2) is 0 Å². The zero-order chi connectivity index (χ0) is 24.0. The molecule has 11 atom stereocenters. The Morgan fingerprint density at radius 3 is 2.36 bits per heavy atom. The number of aliphatic hydroxyl groups is 2. The lowest BCUT2D eigenvalue weighted by Gasteiger charge is -2.62. The first kappa shape index (κ1) is 25.7. The van der Waals surface area contributed by atoms with Gasteiger partial charge >= 0.3 is 0 Å². The molecule has 0 heterocycles. The molecule has 4 aliphatic carbocycles. The lowest BCUT2D eigenvalue weighted by molar-refractivity contribution is -0.181. The average Bonchev–Trinajstić information content (AvgIpc) is 3.11. The van der Waals surface area contributed by atoms with E-state index in [0.717, 1.165) is 36.0 Å². The highest BCUT2D eigenvalue weighted by Gasteiger charge is 2.62. The molecular formula is C31H54O2. The number of allylic oxidation sites excluding steroid dienone is 2. The van der Waals surface area contributed by atoms with Crippen molar-refractivity contribution in [2.24, 2.45) is 58.2 Å². The first-order valence-corrected chi connectivity index (χ1v) is 14.7. The molecule has 2 N–H and O–H groups in total. The molecule has 0 saturated heterocycles. The van der Waals surface area contributed by atoms with Crippen LogP contribution in [0.4, 0.5) is 0 Å². The van der Waals surface area contributed by atoms with Crippen molar-refractivity contribution >= 4 is 0 Å². The van der Waals surface area contributed by atoms with E-state index in [2.05, 4.69) is 53.7 Å². The maximum absolute atomic E-state index is 11.2.